The van der Waals surface area contributed by atoms with Crippen molar-refractivity contribution < 1.29 is 0 Å². The second-order valence-electron chi connectivity index (χ2n) is 11.8. The number of hydrogen-bond acceptors (Lipinski definition) is 4. The van der Waals surface area contributed by atoms with Gasteiger partial charge in [-0.2, -0.15) is 0 Å². The van der Waals surface area contributed by atoms with Gasteiger partial charge in [-0.25, -0.2) is 19.7 Å². The Balaban J connectivity index is 1.27. The van der Waals surface area contributed by atoms with Gasteiger partial charge in [-0.05, 0) is 51.6 Å². The molecule has 0 fully saturated rings. The average Bonchev–Trinajstić information content (AvgIpc) is 3.38. The predicted molar refractivity (Wildman–Crippen MR) is 194 cm³/mol. The molecular formula is C42H31N5O. The summed E-state index contributed by atoms with van der Waals surface area (Å²) in [4.78, 5) is 27.7. The average molecular weight is 622 g/mol. The van der Waals surface area contributed by atoms with E-state index in [1.165, 1.54) is 0 Å². The SMILES string of the molecule is Cn1c(=O)n(C)c2cc(-c3ccc(-c4nc(-c5ccccc5)nc(-c5cc(-c6ccccc6)ccc5-c5ccccc5)n4)cc3)ccc21. The van der Waals surface area contributed by atoms with Crippen LogP contribution in [0.3, 0.4) is 0 Å². The molecule has 0 saturated carbocycles. The minimum absolute atomic E-state index is 0.0397. The number of fused-ring (bicyclic) bond motifs is 1. The van der Waals surface area contributed by atoms with Gasteiger partial charge in [0, 0.05) is 30.8 Å². The highest BCUT2D eigenvalue weighted by molar-refractivity contribution is 5.86. The third-order valence-electron chi connectivity index (χ3n) is 8.87. The summed E-state index contributed by atoms with van der Waals surface area (Å²) in [5.74, 6) is 1.81. The van der Waals surface area contributed by atoms with Crippen LogP contribution in [0.2, 0.25) is 0 Å². The maximum Gasteiger partial charge on any atom is 0.328 e. The van der Waals surface area contributed by atoms with E-state index in [0.29, 0.717) is 17.5 Å². The fraction of sp³-hybridized carbons (Fsp3) is 0.0476. The van der Waals surface area contributed by atoms with E-state index in [1.807, 2.05) is 48.5 Å². The first-order valence-electron chi connectivity index (χ1n) is 15.9. The zero-order chi connectivity index (χ0) is 32.6. The molecule has 0 radical (unpaired) electrons. The second kappa shape index (κ2) is 12.1. The zero-order valence-electron chi connectivity index (χ0n) is 26.6. The summed E-state index contributed by atoms with van der Waals surface area (Å²) in [6.45, 7) is 0. The van der Waals surface area contributed by atoms with E-state index in [9.17, 15) is 4.79 Å². The van der Waals surface area contributed by atoms with Crippen LogP contribution in [0.4, 0.5) is 0 Å². The number of imidazole rings is 1. The summed E-state index contributed by atoms with van der Waals surface area (Å²) < 4.78 is 3.35. The number of aryl methyl sites for hydroxylation is 2. The Bertz CT molecular complexity index is 2470. The van der Waals surface area contributed by atoms with Crippen LogP contribution in [-0.2, 0) is 14.1 Å². The van der Waals surface area contributed by atoms with Crippen molar-refractivity contribution in [3.8, 4) is 67.5 Å². The highest BCUT2D eigenvalue weighted by atomic mass is 16.1. The zero-order valence-corrected chi connectivity index (χ0v) is 26.6. The molecule has 0 spiro atoms. The summed E-state index contributed by atoms with van der Waals surface area (Å²) in [5.41, 5.74) is 10.9. The van der Waals surface area contributed by atoms with Gasteiger partial charge in [-0.1, -0.05) is 133 Å². The predicted octanol–water partition coefficient (Wildman–Crippen LogP) is 9.06. The van der Waals surface area contributed by atoms with Crippen molar-refractivity contribution >= 4 is 11.0 Å². The normalized spacial score (nSPS) is 11.2. The summed E-state index contributed by atoms with van der Waals surface area (Å²) in [6, 6.07) is 51.6. The molecule has 2 aromatic heterocycles. The molecule has 6 nitrogen and oxygen atoms in total. The number of hydrogen-bond donors (Lipinski definition) is 0. The fourth-order valence-corrected chi connectivity index (χ4v) is 6.25. The Hall–Kier alpha value is -6.40. The quantitative estimate of drug-likeness (QED) is 0.186. The van der Waals surface area contributed by atoms with Crippen LogP contribution >= 0.6 is 0 Å². The summed E-state index contributed by atoms with van der Waals surface area (Å²) in [6.07, 6.45) is 0. The monoisotopic (exact) mass is 621 g/mol. The first-order valence-corrected chi connectivity index (χ1v) is 15.9. The molecule has 6 heteroatoms. The largest absolute Gasteiger partial charge is 0.328 e. The molecule has 0 aliphatic rings. The lowest BCUT2D eigenvalue weighted by atomic mass is 9.94. The summed E-state index contributed by atoms with van der Waals surface area (Å²) >= 11 is 0. The van der Waals surface area contributed by atoms with Crippen molar-refractivity contribution in [3.63, 3.8) is 0 Å². The van der Waals surface area contributed by atoms with Gasteiger partial charge in [0.25, 0.3) is 0 Å². The molecular weight excluding hydrogens is 590 g/mol. The van der Waals surface area contributed by atoms with Gasteiger partial charge in [0.2, 0.25) is 0 Å². The highest BCUT2D eigenvalue weighted by Gasteiger charge is 2.17. The molecule has 2 heterocycles. The Kier molecular flexibility index (Phi) is 7.31. The van der Waals surface area contributed by atoms with Crippen molar-refractivity contribution in [2.45, 2.75) is 0 Å². The van der Waals surface area contributed by atoms with Gasteiger partial charge in [-0.3, -0.25) is 9.13 Å². The van der Waals surface area contributed by atoms with Gasteiger partial charge in [-0.15, -0.1) is 0 Å². The smallest absolute Gasteiger partial charge is 0.295 e. The van der Waals surface area contributed by atoms with E-state index in [1.54, 1.807) is 23.2 Å². The van der Waals surface area contributed by atoms with Crippen molar-refractivity contribution in [1.82, 2.24) is 24.1 Å². The first kappa shape index (κ1) is 29.0. The van der Waals surface area contributed by atoms with Crippen molar-refractivity contribution in [1.29, 1.82) is 0 Å². The Morgan fingerprint density at radius 2 is 0.812 bits per heavy atom. The van der Waals surface area contributed by atoms with Gasteiger partial charge < -0.3 is 0 Å². The molecule has 0 saturated heterocycles. The fourth-order valence-electron chi connectivity index (χ4n) is 6.25. The number of aromatic nitrogens is 5. The summed E-state index contributed by atoms with van der Waals surface area (Å²) in [7, 11) is 3.60. The molecule has 230 valence electrons. The molecule has 0 unspecified atom stereocenters. The van der Waals surface area contributed by atoms with Crippen molar-refractivity contribution in [3.05, 3.63) is 162 Å². The van der Waals surface area contributed by atoms with Gasteiger partial charge in [0.05, 0.1) is 11.0 Å². The lowest BCUT2D eigenvalue weighted by molar-refractivity contribution is 0.795. The van der Waals surface area contributed by atoms with E-state index in [2.05, 4.69) is 103 Å². The minimum Gasteiger partial charge on any atom is -0.295 e. The van der Waals surface area contributed by atoms with Gasteiger partial charge in [0.1, 0.15) is 0 Å². The molecule has 8 aromatic rings. The summed E-state index contributed by atoms with van der Waals surface area (Å²) in [5, 5.41) is 0. The van der Waals surface area contributed by atoms with E-state index in [0.717, 1.165) is 61.1 Å². The maximum atomic E-state index is 12.5. The van der Waals surface area contributed by atoms with Crippen LogP contribution in [0, 0.1) is 0 Å². The molecule has 6 aromatic carbocycles. The van der Waals surface area contributed by atoms with E-state index < -0.39 is 0 Å². The van der Waals surface area contributed by atoms with Crippen LogP contribution in [0.1, 0.15) is 0 Å². The first-order chi connectivity index (χ1) is 23.5. The third kappa shape index (κ3) is 5.29. The molecule has 8 rings (SSSR count). The molecule has 0 atom stereocenters. The van der Waals surface area contributed by atoms with Crippen LogP contribution in [0.25, 0.3) is 78.6 Å². The molecule has 0 bridgehead atoms. The van der Waals surface area contributed by atoms with Crippen LogP contribution in [-0.4, -0.2) is 24.1 Å². The highest BCUT2D eigenvalue weighted by Crippen LogP contribution is 2.36. The van der Waals surface area contributed by atoms with Gasteiger partial charge in [0.15, 0.2) is 17.5 Å². The Morgan fingerprint density at radius 3 is 1.46 bits per heavy atom. The molecule has 48 heavy (non-hydrogen) atoms. The molecule has 0 aliphatic heterocycles. The Morgan fingerprint density at radius 1 is 0.375 bits per heavy atom. The minimum atomic E-state index is -0.0397. The van der Waals surface area contributed by atoms with Gasteiger partial charge >= 0.3 is 5.69 Å². The number of nitrogens with zero attached hydrogens (tertiary/aromatic N) is 5. The maximum absolute atomic E-state index is 12.5. The van der Waals surface area contributed by atoms with Crippen LogP contribution < -0.4 is 5.69 Å². The molecule has 0 aliphatic carbocycles. The van der Waals surface area contributed by atoms with E-state index in [4.69, 9.17) is 15.0 Å². The second-order valence-corrected chi connectivity index (χ2v) is 11.8. The lowest BCUT2D eigenvalue weighted by Crippen LogP contribution is -2.19. The molecule has 0 amide bonds. The van der Waals surface area contributed by atoms with E-state index >= 15 is 0 Å². The van der Waals surface area contributed by atoms with E-state index in [-0.39, 0.29) is 5.69 Å². The topological polar surface area (TPSA) is 65.6 Å². The van der Waals surface area contributed by atoms with Crippen molar-refractivity contribution in [2.24, 2.45) is 14.1 Å². The third-order valence-corrected chi connectivity index (χ3v) is 8.87. The standard InChI is InChI=1S/C42H31N5O/c1-46-37-25-23-34(27-38(37)47(2)42(46)48)29-18-20-32(21-19-29)40-43-39(31-16-10-5-11-17-31)44-41(45-40)36-26-33(28-12-6-3-7-13-28)22-24-35(36)30-14-8-4-9-15-30/h3-27H,1-2H3. The molecule has 0 N–H and O–H groups in total. The number of rotatable bonds is 6. The Labute approximate surface area is 278 Å². The van der Waals surface area contributed by atoms with Crippen LogP contribution in [0.15, 0.2) is 156 Å². The van der Waals surface area contributed by atoms with Crippen LogP contribution in [0.5, 0.6) is 0 Å². The number of benzene rings is 6. The van der Waals surface area contributed by atoms with Crippen molar-refractivity contribution in [2.75, 3.05) is 0 Å². The lowest BCUT2D eigenvalue weighted by Gasteiger charge is -2.14.